The zero-order chi connectivity index (χ0) is 20.8. The van der Waals surface area contributed by atoms with Gasteiger partial charge in [-0.15, -0.1) is 0 Å². The van der Waals surface area contributed by atoms with E-state index in [4.69, 9.17) is 4.74 Å². The molecular weight excluding hydrogens is 372 g/mol. The second-order valence-corrected chi connectivity index (χ2v) is 7.12. The van der Waals surface area contributed by atoms with Crippen LogP contribution >= 0.6 is 0 Å². The molecule has 7 heteroatoms. The monoisotopic (exact) mass is 398 g/mol. The highest BCUT2D eigenvalue weighted by Crippen LogP contribution is 2.21. The van der Waals surface area contributed by atoms with Crippen molar-refractivity contribution in [3.8, 4) is 17.2 Å². The number of likely N-dealkylation sites (tertiary alicyclic amines) is 1. The average molecular weight is 398 g/mol. The number of rotatable bonds is 6. The van der Waals surface area contributed by atoms with Gasteiger partial charge in [-0.1, -0.05) is 25.1 Å². The number of ether oxygens (including phenoxy) is 1. The first-order chi connectivity index (χ1) is 14.0. The molecule has 2 aromatic rings. The number of aryl methyl sites for hydroxylation is 1. The zero-order valence-electron chi connectivity index (χ0n) is 16.4. The van der Waals surface area contributed by atoms with Gasteiger partial charge in [-0.3, -0.25) is 9.59 Å². The predicted molar refractivity (Wildman–Crippen MR) is 108 cm³/mol. The van der Waals surface area contributed by atoms with E-state index in [-0.39, 0.29) is 41.5 Å². The molecule has 2 aromatic carbocycles. The summed E-state index contributed by atoms with van der Waals surface area (Å²) in [5.41, 5.74) is 1.27. The van der Waals surface area contributed by atoms with Crippen molar-refractivity contribution >= 4 is 11.8 Å². The summed E-state index contributed by atoms with van der Waals surface area (Å²) in [6, 6.07) is 11.4. The highest BCUT2D eigenvalue weighted by atomic mass is 16.5. The quantitative estimate of drug-likeness (QED) is 0.694. The Morgan fingerprint density at radius 1 is 1.10 bits per heavy atom. The predicted octanol–water partition coefficient (Wildman–Crippen LogP) is 2.46. The average Bonchev–Trinajstić information content (AvgIpc) is 2.72. The Morgan fingerprint density at radius 2 is 1.76 bits per heavy atom. The largest absolute Gasteiger partial charge is 0.508 e. The Morgan fingerprint density at radius 3 is 2.41 bits per heavy atom. The number of amides is 2. The van der Waals surface area contributed by atoms with Crippen molar-refractivity contribution in [1.82, 2.24) is 10.2 Å². The van der Waals surface area contributed by atoms with Gasteiger partial charge in [0.1, 0.15) is 17.2 Å². The van der Waals surface area contributed by atoms with Crippen molar-refractivity contribution in [2.75, 3.05) is 19.7 Å². The summed E-state index contributed by atoms with van der Waals surface area (Å²) in [5, 5.41) is 21.9. The highest BCUT2D eigenvalue weighted by Gasteiger charge is 2.24. The minimum absolute atomic E-state index is 0.00336. The third-order valence-electron chi connectivity index (χ3n) is 5.05. The number of carbonyl (C=O) groups excluding carboxylic acids is 2. The van der Waals surface area contributed by atoms with Crippen LogP contribution in [0, 0.1) is 0 Å². The number of phenolic OH excluding ortho intramolecular Hbond substituents is 2. The van der Waals surface area contributed by atoms with E-state index in [1.807, 2.05) is 31.2 Å². The molecule has 0 aliphatic carbocycles. The standard InChI is InChI=1S/C22H26N2O5/c1-2-15-5-3-4-6-20(15)29-14-21(27)24-9-7-17(8-10-24)23-22(28)16-11-18(25)13-19(26)12-16/h3-6,11-13,17,25-26H,2,7-10,14H2,1H3,(H,23,28). The molecule has 0 saturated carbocycles. The summed E-state index contributed by atoms with van der Waals surface area (Å²) in [5.74, 6) is -0.0284. The smallest absolute Gasteiger partial charge is 0.260 e. The molecule has 1 aliphatic heterocycles. The molecule has 7 nitrogen and oxygen atoms in total. The Kier molecular flexibility index (Phi) is 6.59. The van der Waals surface area contributed by atoms with E-state index in [0.717, 1.165) is 17.7 Å². The number of nitrogens with zero attached hydrogens (tertiary/aromatic N) is 1. The van der Waals surface area contributed by atoms with Crippen LogP contribution in [0.25, 0.3) is 0 Å². The number of piperidine rings is 1. The van der Waals surface area contributed by atoms with Gasteiger partial charge in [-0.2, -0.15) is 0 Å². The molecular formula is C22H26N2O5. The van der Waals surface area contributed by atoms with E-state index in [1.54, 1.807) is 4.90 Å². The molecule has 1 saturated heterocycles. The number of carbonyl (C=O) groups is 2. The Labute approximate surface area is 169 Å². The van der Waals surface area contributed by atoms with Gasteiger partial charge in [0.15, 0.2) is 6.61 Å². The van der Waals surface area contributed by atoms with Gasteiger partial charge in [0.05, 0.1) is 0 Å². The topological polar surface area (TPSA) is 99.1 Å². The first-order valence-electron chi connectivity index (χ1n) is 9.78. The Hall–Kier alpha value is -3.22. The maximum Gasteiger partial charge on any atom is 0.260 e. The minimum atomic E-state index is -0.361. The van der Waals surface area contributed by atoms with Crippen LogP contribution < -0.4 is 10.1 Å². The van der Waals surface area contributed by atoms with Crippen LogP contribution in [0.3, 0.4) is 0 Å². The molecule has 2 amide bonds. The molecule has 1 fully saturated rings. The molecule has 0 aromatic heterocycles. The number of nitrogens with one attached hydrogen (secondary N) is 1. The lowest BCUT2D eigenvalue weighted by Gasteiger charge is -2.32. The number of hydrogen-bond donors (Lipinski definition) is 3. The van der Waals surface area contributed by atoms with Crippen LogP contribution in [0.2, 0.25) is 0 Å². The van der Waals surface area contributed by atoms with Gasteiger partial charge in [0.25, 0.3) is 11.8 Å². The van der Waals surface area contributed by atoms with Gasteiger partial charge in [0, 0.05) is 30.8 Å². The Balaban J connectivity index is 1.47. The molecule has 29 heavy (non-hydrogen) atoms. The fraction of sp³-hybridized carbons (Fsp3) is 0.364. The third kappa shape index (κ3) is 5.40. The van der Waals surface area contributed by atoms with E-state index in [2.05, 4.69) is 5.32 Å². The molecule has 0 unspecified atom stereocenters. The van der Waals surface area contributed by atoms with E-state index in [1.165, 1.54) is 18.2 Å². The van der Waals surface area contributed by atoms with Crippen LogP contribution in [-0.4, -0.2) is 52.7 Å². The van der Waals surface area contributed by atoms with Crippen LogP contribution in [0.4, 0.5) is 0 Å². The summed E-state index contributed by atoms with van der Waals surface area (Å²) in [7, 11) is 0. The summed E-state index contributed by atoms with van der Waals surface area (Å²) in [6.45, 7) is 3.11. The summed E-state index contributed by atoms with van der Waals surface area (Å²) >= 11 is 0. The minimum Gasteiger partial charge on any atom is -0.508 e. The molecule has 3 rings (SSSR count). The van der Waals surface area contributed by atoms with E-state index in [0.29, 0.717) is 25.9 Å². The molecule has 154 valence electrons. The van der Waals surface area contributed by atoms with E-state index < -0.39 is 0 Å². The van der Waals surface area contributed by atoms with Crippen molar-refractivity contribution in [1.29, 1.82) is 0 Å². The normalized spacial score (nSPS) is 14.4. The molecule has 1 heterocycles. The number of benzene rings is 2. The fourth-order valence-corrected chi connectivity index (χ4v) is 3.44. The molecule has 1 aliphatic rings. The zero-order valence-corrected chi connectivity index (χ0v) is 16.4. The highest BCUT2D eigenvalue weighted by molar-refractivity contribution is 5.95. The van der Waals surface area contributed by atoms with Gasteiger partial charge >= 0.3 is 0 Å². The van der Waals surface area contributed by atoms with Crippen LogP contribution in [0.15, 0.2) is 42.5 Å². The van der Waals surface area contributed by atoms with Crippen molar-refractivity contribution in [2.45, 2.75) is 32.2 Å². The first-order valence-corrected chi connectivity index (χ1v) is 9.78. The van der Waals surface area contributed by atoms with Crippen molar-refractivity contribution < 1.29 is 24.5 Å². The van der Waals surface area contributed by atoms with Gasteiger partial charge < -0.3 is 25.2 Å². The van der Waals surface area contributed by atoms with Gasteiger partial charge in [0.2, 0.25) is 0 Å². The summed E-state index contributed by atoms with van der Waals surface area (Å²) in [6.07, 6.45) is 2.11. The third-order valence-corrected chi connectivity index (χ3v) is 5.05. The maximum atomic E-state index is 12.5. The molecule has 0 spiro atoms. The molecule has 0 atom stereocenters. The van der Waals surface area contributed by atoms with Crippen molar-refractivity contribution in [3.63, 3.8) is 0 Å². The molecule has 0 bridgehead atoms. The van der Waals surface area contributed by atoms with E-state index in [9.17, 15) is 19.8 Å². The SMILES string of the molecule is CCc1ccccc1OCC(=O)N1CCC(NC(=O)c2cc(O)cc(O)c2)CC1. The lowest BCUT2D eigenvalue weighted by Crippen LogP contribution is -2.47. The summed E-state index contributed by atoms with van der Waals surface area (Å²) in [4.78, 5) is 26.5. The Bertz CT molecular complexity index is 855. The van der Waals surface area contributed by atoms with Gasteiger partial charge in [-0.25, -0.2) is 0 Å². The van der Waals surface area contributed by atoms with E-state index >= 15 is 0 Å². The van der Waals surface area contributed by atoms with Crippen molar-refractivity contribution in [2.24, 2.45) is 0 Å². The first kappa shape index (κ1) is 20.5. The second-order valence-electron chi connectivity index (χ2n) is 7.12. The lowest BCUT2D eigenvalue weighted by molar-refractivity contribution is -0.134. The maximum absolute atomic E-state index is 12.5. The molecule has 0 radical (unpaired) electrons. The fourth-order valence-electron chi connectivity index (χ4n) is 3.44. The number of phenols is 2. The second kappa shape index (κ2) is 9.32. The van der Waals surface area contributed by atoms with Crippen molar-refractivity contribution in [3.05, 3.63) is 53.6 Å². The molecule has 3 N–H and O–H groups in total. The van der Waals surface area contributed by atoms with Crippen LogP contribution in [0.1, 0.15) is 35.7 Å². The van der Waals surface area contributed by atoms with Crippen LogP contribution in [-0.2, 0) is 11.2 Å². The lowest BCUT2D eigenvalue weighted by atomic mass is 10.0. The number of hydrogen-bond acceptors (Lipinski definition) is 5. The number of aromatic hydroxyl groups is 2. The van der Waals surface area contributed by atoms with Gasteiger partial charge in [-0.05, 0) is 43.0 Å². The number of para-hydroxylation sites is 1. The summed E-state index contributed by atoms with van der Waals surface area (Å²) < 4.78 is 5.71. The van der Waals surface area contributed by atoms with Crippen LogP contribution in [0.5, 0.6) is 17.2 Å².